The average Bonchev–Trinajstić information content (AvgIpc) is 3.43. The minimum absolute atomic E-state index is 0.0102. The number of Topliss-reactive ketones (excluding diaryl/α,β-unsaturated/α-hetero) is 1. The summed E-state index contributed by atoms with van der Waals surface area (Å²) in [5.41, 5.74) is 2.68. The van der Waals surface area contributed by atoms with E-state index in [-0.39, 0.29) is 28.2 Å². The van der Waals surface area contributed by atoms with Gasteiger partial charge in [-0.1, -0.05) is 24.3 Å². The number of aromatic nitrogens is 1. The molecule has 0 amide bonds. The topological polar surface area (TPSA) is 123 Å². The van der Waals surface area contributed by atoms with Crippen LogP contribution in [0.3, 0.4) is 0 Å². The molecule has 2 aromatic carbocycles. The van der Waals surface area contributed by atoms with Gasteiger partial charge in [-0.2, -0.15) is 0 Å². The van der Waals surface area contributed by atoms with Crippen LogP contribution in [0.1, 0.15) is 54.9 Å². The van der Waals surface area contributed by atoms with Gasteiger partial charge in [-0.15, -0.1) is 0 Å². The summed E-state index contributed by atoms with van der Waals surface area (Å²) in [6.45, 7) is 4.77. The molecule has 3 aromatic rings. The van der Waals surface area contributed by atoms with Crippen LogP contribution in [0.25, 0.3) is 0 Å². The van der Waals surface area contributed by atoms with Crippen molar-refractivity contribution in [1.82, 2.24) is 4.98 Å². The molecule has 0 atom stereocenters. The molecule has 0 bridgehead atoms. The highest BCUT2D eigenvalue weighted by Gasteiger charge is 2.31. The molecule has 0 saturated heterocycles. The minimum atomic E-state index is -3.90. The number of sulfonamides is 1. The van der Waals surface area contributed by atoms with Gasteiger partial charge in [-0.05, 0) is 57.0 Å². The van der Waals surface area contributed by atoms with E-state index in [1.165, 1.54) is 28.6 Å². The summed E-state index contributed by atoms with van der Waals surface area (Å²) in [4.78, 5) is 40.8. The third kappa shape index (κ3) is 4.64. The standard InChI is InChI=1S/C26H26N2O7S/c1-4-34-26(31)24-17(3)27-16(2)23(24)22(29)15-35-25(30)19-9-7-10-20(14-19)36(32,33)28-13-12-18-8-5-6-11-21(18)28/h5-11,14,27H,4,12-13,15H2,1-3H3. The highest BCUT2D eigenvalue weighted by atomic mass is 32.2. The lowest BCUT2D eigenvalue weighted by Crippen LogP contribution is -2.29. The minimum Gasteiger partial charge on any atom is -0.462 e. The third-order valence-electron chi connectivity index (χ3n) is 5.97. The van der Waals surface area contributed by atoms with Gasteiger partial charge in [0.05, 0.1) is 33.9 Å². The summed E-state index contributed by atoms with van der Waals surface area (Å²) < 4.78 is 38.1. The molecule has 10 heteroatoms. The number of fused-ring (bicyclic) bond motifs is 1. The molecule has 1 aromatic heterocycles. The average molecular weight is 511 g/mol. The van der Waals surface area contributed by atoms with E-state index in [0.717, 1.165) is 5.56 Å². The predicted octanol–water partition coefficient (Wildman–Crippen LogP) is 3.60. The van der Waals surface area contributed by atoms with Crippen LogP contribution < -0.4 is 4.31 Å². The Balaban J connectivity index is 1.51. The fraction of sp³-hybridized carbons (Fsp3) is 0.269. The lowest BCUT2D eigenvalue weighted by molar-refractivity contribution is 0.0472. The zero-order valence-electron chi connectivity index (χ0n) is 20.2. The monoisotopic (exact) mass is 510 g/mol. The van der Waals surface area contributed by atoms with Crippen LogP contribution in [0.15, 0.2) is 53.4 Å². The Labute approximate surface area is 209 Å². The molecule has 0 unspecified atom stereocenters. The smallest absolute Gasteiger partial charge is 0.340 e. The third-order valence-corrected chi connectivity index (χ3v) is 7.78. The molecule has 0 aliphatic carbocycles. The number of nitrogens with one attached hydrogen (secondary N) is 1. The van der Waals surface area contributed by atoms with Crippen LogP contribution in [0.5, 0.6) is 0 Å². The molecule has 4 rings (SSSR count). The number of ketones is 1. The first kappa shape index (κ1) is 25.2. The van der Waals surface area contributed by atoms with Crippen LogP contribution in [0.4, 0.5) is 5.69 Å². The van der Waals surface area contributed by atoms with E-state index in [2.05, 4.69) is 4.98 Å². The second kappa shape index (κ2) is 9.98. The van der Waals surface area contributed by atoms with Gasteiger partial charge in [-0.3, -0.25) is 9.10 Å². The van der Waals surface area contributed by atoms with Crippen molar-refractivity contribution >= 4 is 33.4 Å². The Hall–Kier alpha value is -3.92. The highest BCUT2D eigenvalue weighted by Crippen LogP contribution is 2.32. The van der Waals surface area contributed by atoms with Gasteiger partial charge >= 0.3 is 11.9 Å². The number of aromatic amines is 1. The molecular weight excluding hydrogens is 484 g/mol. The van der Waals surface area contributed by atoms with Crippen molar-refractivity contribution in [3.8, 4) is 0 Å². The number of aryl methyl sites for hydroxylation is 2. The van der Waals surface area contributed by atoms with Gasteiger partial charge in [0.2, 0.25) is 5.78 Å². The maximum absolute atomic E-state index is 13.3. The maximum atomic E-state index is 13.3. The number of H-pyrrole nitrogens is 1. The first-order valence-corrected chi connectivity index (χ1v) is 12.9. The van der Waals surface area contributed by atoms with Crippen molar-refractivity contribution in [2.75, 3.05) is 24.1 Å². The molecule has 1 aliphatic rings. The van der Waals surface area contributed by atoms with Gasteiger partial charge in [0.15, 0.2) is 6.61 Å². The highest BCUT2D eigenvalue weighted by molar-refractivity contribution is 7.92. The number of carbonyl (C=O) groups is 3. The van der Waals surface area contributed by atoms with E-state index in [9.17, 15) is 22.8 Å². The molecule has 1 N–H and O–H groups in total. The number of hydrogen-bond donors (Lipinski definition) is 1. The second-order valence-corrected chi connectivity index (χ2v) is 10.2. The lowest BCUT2D eigenvalue weighted by atomic mass is 10.1. The van der Waals surface area contributed by atoms with Crippen LogP contribution in [0, 0.1) is 13.8 Å². The molecule has 1 aliphatic heterocycles. The van der Waals surface area contributed by atoms with Crippen molar-refractivity contribution in [2.45, 2.75) is 32.1 Å². The second-order valence-electron chi connectivity index (χ2n) is 8.33. The van der Waals surface area contributed by atoms with Crippen molar-refractivity contribution in [3.63, 3.8) is 0 Å². The molecule has 188 valence electrons. The SMILES string of the molecule is CCOC(=O)c1c(C)[nH]c(C)c1C(=O)COC(=O)c1cccc(S(=O)(=O)N2CCc3ccccc32)c1. The number of benzene rings is 2. The number of rotatable bonds is 8. The fourth-order valence-corrected chi connectivity index (χ4v) is 5.89. The van der Waals surface area contributed by atoms with Crippen molar-refractivity contribution in [1.29, 1.82) is 0 Å². The molecule has 2 heterocycles. The number of carbonyl (C=O) groups excluding carboxylic acids is 3. The first-order valence-electron chi connectivity index (χ1n) is 11.4. The summed E-state index contributed by atoms with van der Waals surface area (Å²) in [6, 6.07) is 12.8. The molecule has 0 fully saturated rings. The molecule has 0 saturated carbocycles. The normalized spacial score (nSPS) is 12.8. The number of hydrogen-bond acceptors (Lipinski definition) is 7. The van der Waals surface area contributed by atoms with E-state index in [4.69, 9.17) is 9.47 Å². The number of esters is 2. The van der Waals surface area contributed by atoms with Crippen LogP contribution in [0.2, 0.25) is 0 Å². The summed E-state index contributed by atoms with van der Waals surface area (Å²) in [7, 11) is -3.90. The molecule has 0 spiro atoms. The van der Waals surface area contributed by atoms with Gasteiger partial charge in [-0.25, -0.2) is 18.0 Å². The van der Waals surface area contributed by atoms with E-state index < -0.39 is 34.4 Å². The largest absolute Gasteiger partial charge is 0.462 e. The quantitative estimate of drug-likeness (QED) is 0.363. The molecular formula is C26H26N2O7S. The van der Waals surface area contributed by atoms with E-state index >= 15 is 0 Å². The maximum Gasteiger partial charge on any atom is 0.340 e. The Kier molecular flexibility index (Phi) is 6.98. The zero-order chi connectivity index (χ0) is 26.0. The van der Waals surface area contributed by atoms with E-state index in [0.29, 0.717) is 30.0 Å². The van der Waals surface area contributed by atoms with Gasteiger partial charge < -0.3 is 14.5 Å². The van der Waals surface area contributed by atoms with Crippen molar-refractivity contribution in [3.05, 3.63) is 82.2 Å². The predicted molar refractivity (Wildman–Crippen MR) is 132 cm³/mol. The summed E-state index contributed by atoms with van der Waals surface area (Å²) >= 11 is 0. The number of para-hydroxylation sites is 1. The van der Waals surface area contributed by atoms with Crippen molar-refractivity contribution in [2.24, 2.45) is 0 Å². The van der Waals surface area contributed by atoms with Gasteiger partial charge in [0, 0.05) is 17.9 Å². The Morgan fingerprint density at radius 1 is 0.944 bits per heavy atom. The zero-order valence-corrected chi connectivity index (χ0v) is 21.0. The Morgan fingerprint density at radius 2 is 1.67 bits per heavy atom. The van der Waals surface area contributed by atoms with Gasteiger partial charge in [0.25, 0.3) is 10.0 Å². The first-order chi connectivity index (χ1) is 17.1. The van der Waals surface area contributed by atoms with E-state index in [1.807, 2.05) is 12.1 Å². The number of nitrogens with zero attached hydrogens (tertiary/aromatic N) is 1. The Bertz CT molecular complexity index is 1460. The summed E-state index contributed by atoms with van der Waals surface area (Å²) in [5.74, 6) is -2.08. The summed E-state index contributed by atoms with van der Waals surface area (Å²) in [5, 5.41) is 0. The fourth-order valence-electron chi connectivity index (χ4n) is 4.34. The number of ether oxygens (including phenoxy) is 2. The van der Waals surface area contributed by atoms with Crippen molar-refractivity contribution < 1.29 is 32.3 Å². The van der Waals surface area contributed by atoms with Gasteiger partial charge in [0.1, 0.15) is 0 Å². The van der Waals surface area contributed by atoms with Crippen LogP contribution in [-0.2, 0) is 25.9 Å². The Morgan fingerprint density at radius 3 is 2.42 bits per heavy atom. The van der Waals surface area contributed by atoms with Crippen LogP contribution >= 0.6 is 0 Å². The molecule has 0 radical (unpaired) electrons. The summed E-state index contributed by atoms with van der Waals surface area (Å²) in [6.07, 6.45) is 0.602. The van der Waals surface area contributed by atoms with Crippen LogP contribution in [-0.4, -0.2) is 50.9 Å². The lowest BCUT2D eigenvalue weighted by Gasteiger charge is -2.19. The van der Waals surface area contributed by atoms with E-state index in [1.54, 1.807) is 32.9 Å². The molecule has 9 nitrogen and oxygen atoms in total. The number of anilines is 1. The molecule has 36 heavy (non-hydrogen) atoms.